The molecule has 0 radical (unpaired) electrons. The fourth-order valence-electron chi connectivity index (χ4n) is 3.73. The minimum Gasteiger partial charge on any atom is -0.309 e. The lowest BCUT2D eigenvalue weighted by atomic mass is 9.89. The fraction of sp³-hybridized carbons (Fsp3) is 0.263. The first-order valence-electron chi connectivity index (χ1n) is 8.91. The minimum absolute atomic E-state index is 0.0439. The quantitative estimate of drug-likeness (QED) is 0.619. The molecule has 2 aromatic rings. The first-order valence-corrected chi connectivity index (χ1v) is 10.3. The summed E-state index contributed by atoms with van der Waals surface area (Å²) in [4.78, 5) is 10.2. The van der Waals surface area contributed by atoms with Gasteiger partial charge >= 0.3 is 0 Å². The van der Waals surface area contributed by atoms with Crippen molar-refractivity contribution in [1.82, 2.24) is 9.84 Å². The van der Waals surface area contributed by atoms with E-state index < -0.39 is 26.8 Å². The zero-order valence-corrected chi connectivity index (χ0v) is 15.7. The fourth-order valence-corrected chi connectivity index (χ4v) is 5.20. The van der Waals surface area contributed by atoms with Crippen molar-refractivity contribution < 1.29 is 17.7 Å². The number of nitro benzene ring substituents is 1. The van der Waals surface area contributed by atoms with Gasteiger partial charge in [-0.3, -0.25) is 10.1 Å². The molecule has 0 amide bonds. The lowest BCUT2D eigenvalue weighted by Crippen LogP contribution is -2.40. The summed E-state index contributed by atoms with van der Waals surface area (Å²) in [5, 5.41) is 10.8. The van der Waals surface area contributed by atoms with Crippen molar-refractivity contribution in [3.05, 3.63) is 81.3 Å². The average molecular weight is 403 g/mol. The van der Waals surface area contributed by atoms with E-state index in [1.165, 1.54) is 40.8 Å². The molecule has 1 N–H and O–H groups in total. The van der Waals surface area contributed by atoms with Gasteiger partial charge in [0, 0.05) is 17.8 Å². The number of hydrogen-bond acceptors (Lipinski definition) is 5. The predicted molar refractivity (Wildman–Crippen MR) is 99.9 cm³/mol. The third-order valence-corrected chi connectivity index (χ3v) is 6.80. The number of nitrogens with one attached hydrogen (secondary N) is 1. The first-order chi connectivity index (χ1) is 13.4. The van der Waals surface area contributed by atoms with Gasteiger partial charge in [-0.25, -0.2) is 12.8 Å². The van der Waals surface area contributed by atoms with E-state index in [4.69, 9.17) is 0 Å². The highest BCUT2D eigenvalue weighted by molar-refractivity contribution is 7.89. The summed E-state index contributed by atoms with van der Waals surface area (Å²) in [6.07, 6.45) is 3.44. The first kappa shape index (κ1) is 18.6. The SMILES string of the molecule is O=[N+]([O-])c1ccc(S(=O)(=O)N2NC3=C(CCCC3)C2c2ccc(F)cc2)cc1. The molecule has 0 fully saturated rings. The van der Waals surface area contributed by atoms with Crippen LogP contribution in [0.3, 0.4) is 0 Å². The molecule has 1 aliphatic heterocycles. The number of allylic oxidation sites excluding steroid dienone is 1. The van der Waals surface area contributed by atoms with Crippen LogP contribution < -0.4 is 5.43 Å². The zero-order valence-electron chi connectivity index (χ0n) is 14.8. The molecule has 1 aliphatic carbocycles. The van der Waals surface area contributed by atoms with Crippen LogP contribution in [0.15, 0.2) is 64.7 Å². The van der Waals surface area contributed by atoms with Crippen LogP contribution in [0.1, 0.15) is 37.3 Å². The Bertz CT molecular complexity index is 1050. The standard InChI is InChI=1S/C19H18FN3O4S/c20-14-7-5-13(6-8-14)19-17-3-1-2-4-18(17)21-22(19)28(26,27)16-11-9-15(10-12-16)23(24)25/h5-12,19,21H,1-4H2. The van der Waals surface area contributed by atoms with Crippen LogP contribution in [0.4, 0.5) is 10.1 Å². The van der Waals surface area contributed by atoms with Gasteiger partial charge in [0.2, 0.25) is 0 Å². The summed E-state index contributed by atoms with van der Waals surface area (Å²) in [6.45, 7) is 0. The van der Waals surface area contributed by atoms with Crippen LogP contribution in [0, 0.1) is 15.9 Å². The molecule has 1 heterocycles. The van der Waals surface area contributed by atoms with E-state index in [9.17, 15) is 22.9 Å². The largest absolute Gasteiger partial charge is 0.309 e. The molecule has 0 spiro atoms. The summed E-state index contributed by atoms with van der Waals surface area (Å²) >= 11 is 0. The third-order valence-electron chi connectivity index (χ3n) is 5.11. The molecular weight excluding hydrogens is 385 g/mol. The van der Waals surface area contributed by atoms with Gasteiger partial charge in [0.1, 0.15) is 5.82 Å². The average Bonchev–Trinajstić information content (AvgIpc) is 3.09. The Balaban J connectivity index is 1.76. The van der Waals surface area contributed by atoms with Crippen molar-refractivity contribution in [2.75, 3.05) is 0 Å². The molecule has 0 saturated carbocycles. The van der Waals surface area contributed by atoms with E-state index in [-0.39, 0.29) is 10.6 Å². The number of nitro groups is 1. The number of rotatable bonds is 4. The summed E-state index contributed by atoms with van der Waals surface area (Å²) in [5.41, 5.74) is 5.39. The van der Waals surface area contributed by atoms with E-state index in [2.05, 4.69) is 5.43 Å². The predicted octanol–water partition coefficient (Wildman–Crippen LogP) is 3.81. The molecule has 1 atom stereocenters. The van der Waals surface area contributed by atoms with Crippen LogP contribution in [-0.4, -0.2) is 17.8 Å². The summed E-state index contributed by atoms with van der Waals surface area (Å²) in [6, 6.07) is 10.0. The Morgan fingerprint density at radius 3 is 2.32 bits per heavy atom. The second-order valence-corrected chi connectivity index (χ2v) is 8.64. The Hall–Kier alpha value is -2.78. The number of benzene rings is 2. The highest BCUT2D eigenvalue weighted by atomic mass is 32.2. The van der Waals surface area contributed by atoms with E-state index >= 15 is 0 Å². The van der Waals surface area contributed by atoms with Crippen molar-refractivity contribution in [1.29, 1.82) is 0 Å². The monoisotopic (exact) mass is 403 g/mol. The van der Waals surface area contributed by atoms with E-state index in [1.54, 1.807) is 12.1 Å². The number of nitrogens with zero attached hydrogens (tertiary/aromatic N) is 2. The maximum Gasteiger partial charge on any atom is 0.269 e. The topological polar surface area (TPSA) is 92.5 Å². The van der Waals surface area contributed by atoms with E-state index in [0.29, 0.717) is 5.56 Å². The van der Waals surface area contributed by atoms with Crippen LogP contribution in [0.25, 0.3) is 0 Å². The number of sulfonamides is 1. The summed E-state index contributed by atoms with van der Waals surface area (Å²) < 4.78 is 41.2. The Morgan fingerprint density at radius 1 is 1.04 bits per heavy atom. The van der Waals surface area contributed by atoms with Gasteiger partial charge in [0.05, 0.1) is 15.9 Å². The highest BCUT2D eigenvalue weighted by Gasteiger charge is 2.42. The molecule has 2 aromatic carbocycles. The lowest BCUT2D eigenvalue weighted by molar-refractivity contribution is -0.384. The van der Waals surface area contributed by atoms with Crippen LogP contribution in [-0.2, 0) is 10.0 Å². The molecule has 146 valence electrons. The van der Waals surface area contributed by atoms with E-state index in [0.717, 1.165) is 37.0 Å². The number of halogens is 1. The molecule has 28 heavy (non-hydrogen) atoms. The molecular formula is C19H18FN3O4S. The molecule has 4 rings (SSSR count). The number of hydrogen-bond donors (Lipinski definition) is 1. The van der Waals surface area contributed by atoms with Gasteiger partial charge in [-0.15, -0.1) is 4.41 Å². The normalized spacial score (nSPS) is 20.0. The second kappa shape index (κ2) is 6.99. The highest BCUT2D eigenvalue weighted by Crippen LogP contribution is 2.43. The van der Waals surface area contributed by atoms with Crippen molar-refractivity contribution in [2.45, 2.75) is 36.6 Å². The van der Waals surface area contributed by atoms with Crippen molar-refractivity contribution in [2.24, 2.45) is 0 Å². The molecule has 7 nitrogen and oxygen atoms in total. The molecule has 1 unspecified atom stereocenters. The van der Waals surface area contributed by atoms with Gasteiger partial charge in [0.25, 0.3) is 15.7 Å². The smallest absolute Gasteiger partial charge is 0.269 e. The Labute approximate surface area is 161 Å². The second-order valence-electron chi connectivity index (χ2n) is 6.83. The maximum atomic E-state index is 13.4. The minimum atomic E-state index is -3.98. The van der Waals surface area contributed by atoms with Gasteiger partial charge in [-0.2, -0.15) is 0 Å². The van der Waals surface area contributed by atoms with Crippen LogP contribution in [0.5, 0.6) is 0 Å². The molecule has 2 aliphatic rings. The number of hydrazine groups is 1. The van der Waals surface area contributed by atoms with Crippen molar-refractivity contribution in [3.63, 3.8) is 0 Å². The Kier molecular flexibility index (Phi) is 4.64. The Morgan fingerprint density at radius 2 is 1.68 bits per heavy atom. The summed E-state index contributed by atoms with van der Waals surface area (Å²) in [7, 11) is -3.98. The zero-order chi connectivity index (χ0) is 19.9. The maximum absolute atomic E-state index is 13.4. The molecule has 0 saturated heterocycles. The van der Waals surface area contributed by atoms with Gasteiger partial charge in [0.15, 0.2) is 0 Å². The molecule has 9 heteroatoms. The molecule has 0 bridgehead atoms. The van der Waals surface area contributed by atoms with Gasteiger partial charge < -0.3 is 5.43 Å². The molecule has 0 aromatic heterocycles. The lowest BCUT2D eigenvalue weighted by Gasteiger charge is -2.26. The summed E-state index contributed by atoms with van der Waals surface area (Å²) in [5.74, 6) is -0.391. The van der Waals surface area contributed by atoms with Crippen molar-refractivity contribution in [3.8, 4) is 0 Å². The van der Waals surface area contributed by atoms with Gasteiger partial charge in [-0.1, -0.05) is 12.1 Å². The number of non-ortho nitro benzene ring substituents is 1. The van der Waals surface area contributed by atoms with Crippen LogP contribution in [0.2, 0.25) is 0 Å². The van der Waals surface area contributed by atoms with Crippen molar-refractivity contribution >= 4 is 15.7 Å². The van der Waals surface area contributed by atoms with Gasteiger partial charge in [-0.05, 0) is 61.1 Å². The van der Waals surface area contributed by atoms with E-state index in [1.807, 2.05) is 0 Å². The van der Waals surface area contributed by atoms with Crippen LogP contribution >= 0.6 is 0 Å². The third kappa shape index (κ3) is 3.16.